The summed E-state index contributed by atoms with van der Waals surface area (Å²) in [7, 11) is 0. The van der Waals surface area contributed by atoms with E-state index in [1.54, 1.807) is 0 Å². The van der Waals surface area contributed by atoms with Crippen LogP contribution in [0.2, 0.25) is 0 Å². The van der Waals surface area contributed by atoms with Crippen LogP contribution < -0.4 is 5.32 Å². The van der Waals surface area contributed by atoms with Gasteiger partial charge in [-0.15, -0.1) is 11.8 Å². The highest BCUT2D eigenvalue weighted by molar-refractivity contribution is 8.00. The summed E-state index contributed by atoms with van der Waals surface area (Å²) in [6, 6.07) is 6.89. The van der Waals surface area contributed by atoms with Gasteiger partial charge in [-0.05, 0) is 49.4 Å². The molecule has 0 atom stereocenters. The van der Waals surface area contributed by atoms with E-state index in [9.17, 15) is 0 Å². The first-order valence-corrected chi connectivity index (χ1v) is 8.57. The molecule has 3 heteroatoms. The van der Waals surface area contributed by atoms with Crippen LogP contribution in [0.15, 0.2) is 23.1 Å². The minimum Gasteiger partial charge on any atom is -0.381 e. The number of benzene rings is 1. The second-order valence-electron chi connectivity index (χ2n) is 6.05. The molecule has 0 unspecified atom stereocenters. The zero-order chi connectivity index (χ0) is 14.4. The summed E-state index contributed by atoms with van der Waals surface area (Å²) in [6.45, 7) is 10.6. The van der Waals surface area contributed by atoms with E-state index >= 15 is 0 Å². The molecule has 1 saturated heterocycles. The zero-order valence-electron chi connectivity index (χ0n) is 12.9. The Hall–Kier alpha value is -0.510. The molecule has 0 aliphatic carbocycles. The van der Waals surface area contributed by atoms with Crippen LogP contribution in [0.1, 0.15) is 37.8 Å². The van der Waals surface area contributed by atoms with Crippen molar-refractivity contribution in [2.75, 3.05) is 19.8 Å². The normalized spacial score (nSPS) is 16.8. The van der Waals surface area contributed by atoms with Gasteiger partial charge in [0.1, 0.15) is 0 Å². The van der Waals surface area contributed by atoms with Crippen molar-refractivity contribution >= 4 is 11.8 Å². The van der Waals surface area contributed by atoms with E-state index in [0.717, 1.165) is 31.6 Å². The lowest BCUT2D eigenvalue weighted by Gasteiger charge is -2.22. The number of rotatable bonds is 6. The van der Waals surface area contributed by atoms with Crippen molar-refractivity contribution in [1.29, 1.82) is 0 Å². The molecule has 1 heterocycles. The molecule has 1 aliphatic heterocycles. The van der Waals surface area contributed by atoms with Gasteiger partial charge in [0.15, 0.2) is 0 Å². The van der Waals surface area contributed by atoms with Gasteiger partial charge in [-0.2, -0.15) is 0 Å². The lowest BCUT2D eigenvalue weighted by Crippen LogP contribution is -2.19. The van der Waals surface area contributed by atoms with E-state index < -0.39 is 0 Å². The van der Waals surface area contributed by atoms with Crippen LogP contribution >= 0.6 is 11.8 Å². The van der Waals surface area contributed by atoms with Crippen LogP contribution in [0.25, 0.3) is 0 Å². The van der Waals surface area contributed by atoms with Crippen LogP contribution in [0.3, 0.4) is 0 Å². The fraction of sp³-hybridized carbons (Fsp3) is 0.647. The van der Waals surface area contributed by atoms with Crippen molar-refractivity contribution in [2.24, 2.45) is 5.92 Å². The first-order valence-electron chi connectivity index (χ1n) is 7.70. The van der Waals surface area contributed by atoms with Crippen LogP contribution in [0.5, 0.6) is 0 Å². The summed E-state index contributed by atoms with van der Waals surface area (Å²) in [5.41, 5.74) is 2.80. The maximum Gasteiger partial charge on any atom is 0.0476 e. The van der Waals surface area contributed by atoms with Gasteiger partial charge in [0.2, 0.25) is 0 Å². The smallest absolute Gasteiger partial charge is 0.0476 e. The van der Waals surface area contributed by atoms with Crippen molar-refractivity contribution in [2.45, 2.75) is 50.3 Å². The molecule has 0 bridgehead atoms. The summed E-state index contributed by atoms with van der Waals surface area (Å²) in [4.78, 5) is 1.43. The van der Waals surface area contributed by atoms with Crippen LogP contribution in [0, 0.1) is 12.8 Å². The second-order valence-corrected chi connectivity index (χ2v) is 7.40. The molecule has 1 aromatic rings. The van der Waals surface area contributed by atoms with Crippen LogP contribution in [-0.2, 0) is 11.3 Å². The van der Waals surface area contributed by atoms with Crippen molar-refractivity contribution in [1.82, 2.24) is 5.32 Å². The minimum atomic E-state index is 0.708. The SMILES string of the molecule is Cc1cc(CNCC(C)C)ccc1SC1CCOCC1. The molecule has 1 aliphatic rings. The van der Waals surface area contributed by atoms with Crippen LogP contribution in [0.4, 0.5) is 0 Å². The highest BCUT2D eigenvalue weighted by Gasteiger charge is 2.15. The Bertz CT molecular complexity index is 413. The third-order valence-electron chi connectivity index (χ3n) is 3.58. The molecule has 20 heavy (non-hydrogen) atoms. The fourth-order valence-corrected chi connectivity index (χ4v) is 3.61. The van der Waals surface area contributed by atoms with Crippen molar-refractivity contribution in [3.8, 4) is 0 Å². The quantitative estimate of drug-likeness (QED) is 0.856. The molecule has 0 aromatic heterocycles. The topological polar surface area (TPSA) is 21.3 Å². The summed E-state index contributed by atoms with van der Waals surface area (Å²) >= 11 is 2.03. The molecule has 112 valence electrons. The first-order chi connectivity index (χ1) is 9.65. The molecule has 0 spiro atoms. The molecule has 2 rings (SSSR count). The Kier molecular flexibility index (Phi) is 6.40. The largest absolute Gasteiger partial charge is 0.381 e. The Morgan fingerprint density at radius 2 is 2.05 bits per heavy atom. The van der Waals surface area contributed by atoms with Gasteiger partial charge in [-0.25, -0.2) is 0 Å². The van der Waals surface area contributed by atoms with Crippen molar-refractivity contribution in [3.63, 3.8) is 0 Å². The van der Waals surface area contributed by atoms with Gasteiger partial charge >= 0.3 is 0 Å². The number of thioether (sulfide) groups is 1. The van der Waals surface area contributed by atoms with E-state index in [4.69, 9.17) is 4.74 Å². The maximum absolute atomic E-state index is 5.43. The average molecular weight is 293 g/mol. The summed E-state index contributed by atoms with van der Waals surface area (Å²) in [6.07, 6.45) is 2.36. The Balaban J connectivity index is 1.88. The molecular formula is C17H27NOS. The highest BCUT2D eigenvalue weighted by Crippen LogP contribution is 2.32. The predicted molar refractivity (Wildman–Crippen MR) is 87.4 cm³/mol. The summed E-state index contributed by atoms with van der Waals surface area (Å²) < 4.78 is 5.43. The van der Waals surface area contributed by atoms with Gasteiger partial charge in [-0.3, -0.25) is 0 Å². The van der Waals surface area contributed by atoms with Crippen molar-refractivity contribution < 1.29 is 4.74 Å². The lowest BCUT2D eigenvalue weighted by molar-refractivity contribution is 0.100. The third-order valence-corrected chi connectivity index (χ3v) is 5.10. The molecular weight excluding hydrogens is 266 g/mol. The van der Waals surface area contributed by atoms with Gasteiger partial charge in [0.05, 0.1) is 0 Å². The van der Waals surface area contributed by atoms with E-state index in [0.29, 0.717) is 5.92 Å². The third kappa shape index (κ3) is 5.12. The Morgan fingerprint density at radius 3 is 2.70 bits per heavy atom. The molecule has 1 N–H and O–H groups in total. The summed E-state index contributed by atoms with van der Waals surface area (Å²) in [5.74, 6) is 0.708. The highest BCUT2D eigenvalue weighted by atomic mass is 32.2. The number of nitrogens with one attached hydrogen (secondary N) is 1. The average Bonchev–Trinajstić information content (AvgIpc) is 2.42. The first kappa shape index (κ1) is 15.9. The predicted octanol–water partition coefficient (Wildman–Crippen LogP) is 4.01. The zero-order valence-corrected chi connectivity index (χ0v) is 13.8. The minimum absolute atomic E-state index is 0.708. The van der Waals surface area contributed by atoms with Crippen molar-refractivity contribution in [3.05, 3.63) is 29.3 Å². The summed E-state index contributed by atoms with van der Waals surface area (Å²) in [5, 5.41) is 4.23. The van der Waals surface area contributed by atoms with E-state index in [1.165, 1.54) is 28.9 Å². The number of hydrogen-bond donors (Lipinski definition) is 1. The number of aryl methyl sites for hydroxylation is 1. The molecule has 1 fully saturated rings. The van der Waals surface area contributed by atoms with E-state index in [-0.39, 0.29) is 0 Å². The van der Waals surface area contributed by atoms with Crippen LogP contribution in [-0.4, -0.2) is 25.0 Å². The Labute approximate surface area is 127 Å². The maximum atomic E-state index is 5.43. The fourth-order valence-electron chi connectivity index (χ4n) is 2.43. The van der Waals surface area contributed by atoms with Gasteiger partial charge in [0, 0.05) is 29.9 Å². The van der Waals surface area contributed by atoms with E-state index in [2.05, 4.69) is 44.3 Å². The molecule has 2 nitrogen and oxygen atoms in total. The standard InChI is InChI=1S/C17H27NOS/c1-13(2)11-18-12-15-4-5-17(14(3)10-15)20-16-6-8-19-9-7-16/h4-5,10,13,16,18H,6-9,11-12H2,1-3H3. The monoisotopic (exact) mass is 293 g/mol. The lowest BCUT2D eigenvalue weighted by atomic mass is 10.1. The molecule has 1 aromatic carbocycles. The molecule has 0 radical (unpaired) electrons. The van der Waals surface area contributed by atoms with Gasteiger partial charge in [0.25, 0.3) is 0 Å². The molecule has 0 saturated carbocycles. The number of ether oxygens (including phenoxy) is 1. The van der Waals surface area contributed by atoms with Gasteiger partial charge < -0.3 is 10.1 Å². The van der Waals surface area contributed by atoms with E-state index in [1.807, 2.05) is 11.8 Å². The van der Waals surface area contributed by atoms with Gasteiger partial charge in [-0.1, -0.05) is 26.0 Å². The molecule has 0 amide bonds. The Morgan fingerprint density at radius 1 is 1.30 bits per heavy atom. The number of hydrogen-bond acceptors (Lipinski definition) is 3. The second kappa shape index (κ2) is 8.06.